The van der Waals surface area contributed by atoms with E-state index in [0.717, 1.165) is 0 Å². The molecule has 1 saturated heterocycles. The van der Waals surface area contributed by atoms with Gasteiger partial charge in [-0.15, -0.1) is 0 Å². The summed E-state index contributed by atoms with van der Waals surface area (Å²) in [7, 11) is 0. The zero-order valence-corrected chi connectivity index (χ0v) is 10.6. The molecular weight excluding hydrogens is 306 g/mol. The van der Waals surface area contributed by atoms with Crippen LogP contribution in [0, 0.1) is 5.92 Å². The largest absolute Gasteiger partial charge is 0.403 e. The Balaban J connectivity index is 2.40. The highest BCUT2D eigenvalue weighted by Gasteiger charge is 2.66. The molecule has 4 nitrogen and oxygen atoms in total. The topological polar surface area (TPSA) is 49.4 Å². The summed E-state index contributed by atoms with van der Waals surface area (Å²) in [6, 6.07) is -4.54. The van der Waals surface area contributed by atoms with Gasteiger partial charge in [0.15, 0.2) is 5.92 Å². The van der Waals surface area contributed by atoms with Crippen molar-refractivity contribution in [2.24, 2.45) is 5.92 Å². The van der Waals surface area contributed by atoms with E-state index in [1.54, 1.807) is 5.32 Å². The van der Waals surface area contributed by atoms with Gasteiger partial charge in [-0.25, -0.2) is 4.79 Å². The fourth-order valence-corrected chi connectivity index (χ4v) is 2.93. The van der Waals surface area contributed by atoms with Crippen LogP contribution in [0.2, 0.25) is 0 Å². The molecule has 0 radical (unpaired) electrons. The SMILES string of the molecule is O=C1NC(=O)N(C2CCCC2)C1C(C(F)(F)F)C(F)(F)F. The van der Waals surface area contributed by atoms with E-state index in [0.29, 0.717) is 30.6 Å². The second kappa shape index (κ2) is 5.06. The standard InChI is InChI=1S/C11H12F6N2O2/c12-10(13,14)7(11(15,16)17)6-8(20)18-9(21)19(6)5-3-1-2-4-5/h5-7H,1-4H2,(H,18,20,21). The third-order valence-electron chi connectivity index (χ3n) is 3.77. The molecule has 2 rings (SSSR count). The van der Waals surface area contributed by atoms with Gasteiger partial charge < -0.3 is 4.90 Å². The Hall–Kier alpha value is -1.48. The normalized spacial score (nSPS) is 25.1. The van der Waals surface area contributed by atoms with Crippen LogP contribution >= 0.6 is 0 Å². The molecule has 2 aliphatic rings. The monoisotopic (exact) mass is 318 g/mol. The molecule has 10 heteroatoms. The van der Waals surface area contributed by atoms with Crippen molar-refractivity contribution in [3.05, 3.63) is 0 Å². The molecule has 120 valence electrons. The van der Waals surface area contributed by atoms with Gasteiger partial charge in [0.2, 0.25) is 0 Å². The lowest BCUT2D eigenvalue weighted by molar-refractivity contribution is -0.294. The van der Waals surface area contributed by atoms with Crippen molar-refractivity contribution in [1.29, 1.82) is 0 Å². The van der Waals surface area contributed by atoms with E-state index in [1.165, 1.54) is 0 Å². The average molecular weight is 318 g/mol. The second-order valence-electron chi connectivity index (χ2n) is 5.15. The summed E-state index contributed by atoms with van der Waals surface area (Å²) < 4.78 is 76.7. The number of alkyl halides is 6. The van der Waals surface area contributed by atoms with Crippen LogP contribution < -0.4 is 5.32 Å². The van der Waals surface area contributed by atoms with Gasteiger partial charge in [-0.05, 0) is 12.8 Å². The van der Waals surface area contributed by atoms with Crippen molar-refractivity contribution < 1.29 is 35.9 Å². The second-order valence-corrected chi connectivity index (χ2v) is 5.15. The van der Waals surface area contributed by atoms with Crippen LogP contribution in [0.1, 0.15) is 25.7 Å². The lowest BCUT2D eigenvalue weighted by Gasteiger charge is -2.34. The van der Waals surface area contributed by atoms with Gasteiger partial charge in [0.05, 0.1) is 0 Å². The predicted molar refractivity (Wildman–Crippen MR) is 57.0 cm³/mol. The number of halogens is 6. The molecule has 0 aromatic carbocycles. The van der Waals surface area contributed by atoms with Gasteiger partial charge in [0.25, 0.3) is 5.91 Å². The van der Waals surface area contributed by atoms with Crippen LogP contribution in [-0.4, -0.2) is 41.3 Å². The van der Waals surface area contributed by atoms with Crippen LogP contribution in [0.5, 0.6) is 0 Å². The summed E-state index contributed by atoms with van der Waals surface area (Å²) in [5, 5.41) is 1.57. The van der Waals surface area contributed by atoms with Crippen LogP contribution in [0.15, 0.2) is 0 Å². The Kier molecular flexibility index (Phi) is 3.83. The third kappa shape index (κ3) is 2.93. The van der Waals surface area contributed by atoms with Crippen molar-refractivity contribution in [3.8, 4) is 0 Å². The van der Waals surface area contributed by atoms with E-state index >= 15 is 0 Å². The van der Waals surface area contributed by atoms with E-state index in [-0.39, 0.29) is 0 Å². The van der Waals surface area contributed by atoms with E-state index in [2.05, 4.69) is 0 Å². The Labute approximate surface area is 115 Å². The van der Waals surface area contributed by atoms with Gasteiger partial charge in [-0.2, -0.15) is 26.3 Å². The Morgan fingerprint density at radius 3 is 1.90 bits per heavy atom. The fourth-order valence-electron chi connectivity index (χ4n) is 2.93. The first kappa shape index (κ1) is 15.9. The molecule has 21 heavy (non-hydrogen) atoms. The van der Waals surface area contributed by atoms with Gasteiger partial charge >= 0.3 is 18.4 Å². The lowest BCUT2D eigenvalue weighted by atomic mass is 9.95. The summed E-state index contributed by atoms with van der Waals surface area (Å²) >= 11 is 0. The number of carbonyl (C=O) groups excluding carboxylic acids is 2. The molecule has 3 amide bonds. The molecule has 2 fully saturated rings. The number of urea groups is 1. The van der Waals surface area contributed by atoms with Crippen LogP contribution in [0.25, 0.3) is 0 Å². The molecule has 0 aromatic heterocycles. The summed E-state index contributed by atoms with van der Waals surface area (Å²) in [6.45, 7) is 0. The molecule has 1 heterocycles. The molecule has 1 aliphatic heterocycles. The van der Waals surface area contributed by atoms with Gasteiger partial charge in [-0.1, -0.05) is 12.8 Å². The minimum absolute atomic E-state index is 0.291. The number of imide groups is 1. The van der Waals surface area contributed by atoms with E-state index in [4.69, 9.17) is 0 Å². The Morgan fingerprint density at radius 1 is 1.00 bits per heavy atom. The first-order valence-electron chi connectivity index (χ1n) is 6.30. The number of rotatable bonds is 2. The number of carbonyl (C=O) groups is 2. The molecule has 1 unspecified atom stereocenters. The van der Waals surface area contributed by atoms with E-state index in [9.17, 15) is 35.9 Å². The average Bonchev–Trinajstić information content (AvgIpc) is 2.84. The minimum atomic E-state index is -5.66. The summed E-state index contributed by atoms with van der Waals surface area (Å²) in [5.41, 5.74) is 0. The molecule has 1 saturated carbocycles. The number of amides is 3. The van der Waals surface area contributed by atoms with Gasteiger partial charge in [-0.3, -0.25) is 10.1 Å². The smallest absolute Gasteiger partial charge is 0.308 e. The number of nitrogens with one attached hydrogen (secondary N) is 1. The van der Waals surface area contributed by atoms with Crippen molar-refractivity contribution in [1.82, 2.24) is 10.2 Å². The molecule has 0 aromatic rings. The van der Waals surface area contributed by atoms with Crippen molar-refractivity contribution in [3.63, 3.8) is 0 Å². The highest BCUT2D eigenvalue weighted by atomic mass is 19.4. The summed E-state index contributed by atoms with van der Waals surface area (Å²) in [5.74, 6) is -5.43. The van der Waals surface area contributed by atoms with Crippen molar-refractivity contribution >= 4 is 11.9 Å². The summed E-state index contributed by atoms with van der Waals surface area (Å²) in [4.78, 5) is 23.5. The molecule has 1 aliphatic carbocycles. The quantitative estimate of drug-likeness (QED) is 0.628. The Bertz CT molecular complexity index is 427. The minimum Gasteiger partial charge on any atom is -0.308 e. The maximum absolute atomic E-state index is 12.8. The van der Waals surface area contributed by atoms with Crippen LogP contribution in [-0.2, 0) is 4.79 Å². The Morgan fingerprint density at radius 2 is 1.48 bits per heavy atom. The van der Waals surface area contributed by atoms with Crippen LogP contribution in [0.4, 0.5) is 31.1 Å². The summed E-state index contributed by atoms with van der Waals surface area (Å²) in [6.07, 6.45) is -9.56. The highest BCUT2D eigenvalue weighted by molar-refractivity contribution is 6.04. The molecular formula is C11H12F6N2O2. The lowest BCUT2D eigenvalue weighted by Crippen LogP contribution is -2.55. The van der Waals surface area contributed by atoms with E-state index in [1.807, 2.05) is 0 Å². The zero-order valence-electron chi connectivity index (χ0n) is 10.6. The molecule has 0 spiro atoms. The first-order valence-corrected chi connectivity index (χ1v) is 6.30. The number of hydrogen-bond donors (Lipinski definition) is 1. The number of hydrogen-bond acceptors (Lipinski definition) is 2. The van der Waals surface area contributed by atoms with E-state index < -0.39 is 42.3 Å². The predicted octanol–water partition coefficient (Wildman–Crippen LogP) is 2.59. The van der Waals surface area contributed by atoms with Crippen molar-refractivity contribution in [2.45, 2.75) is 50.1 Å². The molecule has 0 bridgehead atoms. The van der Waals surface area contributed by atoms with Crippen molar-refractivity contribution in [2.75, 3.05) is 0 Å². The zero-order chi connectivity index (χ0) is 16.0. The van der Waals surface area contributed by atoms with Gasteiger partial charge in [0, 0.05) is 6.04 Å². The molecule has 1 N–H and O–H groups in total. The van der Waals surface area contributed by atoms with Crippen LogP contribution in [0.3, 0.4) is 0 Å². The maximum atomic E-state index is 12.8. The van der Waals surface area contributed by atoms with Gasteiger partial charge in [0.1, 0.15) is 6.04 Å². The first-order chi connectivity index (χ1) is 9.53. The highest BCUT2D eigenvalue weighted by Crippen LogP contribution is 2.45. The fraction of sp³-hybridized carbons (Fsp3) is 0.818. The number of nitrogens with zero attached hydrogens (tertiary/aromatic N) is 1. The maximum Gasteiger partial charge on any atom is 0.403 e. The third-order valence-corrected chi connectivity index (χ3v) is 3.77. The molecule has 1 atom stereocenters.